The van der Waals surface area contributed by atoms with Gasteiger partial charge in [-0.15, -0.1) is 0 Å². The van der Waals surface area contributed by atoms with Crippen molar-refractivity contribution < 1.29 is 9.18 Å². The van der Waals surface area contributed by atoms with E-state index in [1.54, 1.807) is 30.9 Å². The summed E-state index contributed by atoms with van der Waals surface area (Å²) < 4.78 is 14.5. The molecule has 1 fully saturated rings. The normalized spacial score (nSPS) is 16.1. The van der Waals surface area contributed by atoms with Crippen LogP contribution in [0.2, 0.25) is 5.02 Å². The fourth-order valence-corrected chi connectivity index (χ4v) is 4.43. The van der Waals surface area contributed by atoms with Gasteiger partial charge < -0.3 is 15.2 Å². The van der Waals surface area contributed by atoms with Crippen LogP contribution in [-0.4, -0.2) is 55.4 Å². The van der Waals surface area contributed by atoms with E-state index in [1.807, 2.05) is 17.0 Å². The van der Waals surface area contributed by atoms with Crippen molar-refractivity contribution in [3.05, 3.63) is 65.6 Å². The Kier molecular flexibility index (Phi) is 6.35. The van der Waals surface area contributed by atoms with Crippen molar-refractivity contribution in [1.29, 1.82) is 0 Å². The molecule has 8 nitrogen and oxygen atoms in total. The first kappa shape index (κ1) is 22.2. The highest BCUT2D eigenvalue weighted by atomic mass is 35.5. The molecule has 174 valence electrons. The van der Waals surface area contributed by atoms with Crippen LogP contribution in [0.5, 0.6) is 0 Å². The summed E-state index contributed by atoms with van der Waals surface area (Å²) in [7, 11) is 0. The van der Waals surface area contributed by atoms with E-state index in [4.69, 9.17) is 11.6 Å². The second kappa shape index (κ2) is 9.72. The molecule has 1 saturated heterocycles. The molecule has 5 heterocycles. The first-order chi connectivity index (χ1) is 16.6. The van der Waals surface area contributed by atoms with Gasteiger partial charge in [-0.05, 0) is 36.5 Å². The Morgan fingerprint density at radius 2 is 2.21 bits per heavy atom. The Labute approximate surface area is 200 Å². The summed E-state index contributed by atoms with van der Waals surface area (Å²) in [6, 6.07) is 5.51. The summed E-state index contributed by atoms with van der Waals surface area (Å²) in [5, 5.41) is 4.39. The number of H-pyrrole nitrogens is 1. The molecule has 0 radical (unpaired) electrons. The van der Waals surface area contributed by atoms with Gasteiger partial charge in [-0.3, -0.25) is 9.78 Å². The van der Waals surface area contributed by atoms with Crippen LogP contribution in [0.4, 0.5) is 10.2 Å². The number of aromatic amines is 1. The number of likely N-dealkylation sites (tertiary alicyclic amines) is 1. The van der Waals surface area contributed by atoms with E-state index >= 15 is 0 Å². The molecule has 1 aliphatic rings. The highest BCUT2D eigenvalue weighted by molar-refractivity contribution is 6.31. The number of carbonyl (C=O) groups excluding carboxylic acids is 1. The summed E-state index contributed by atoms with van der Waals surface area (Å²) in [5.74, 6) is 0.254. The molecular formula is C24H23ClFN7O. The van der Waals surface area contributed by atoms with Crippen molar-refractivity contribution in [2.45, 2.75) is 19.3 Å². The zero-order chi connectivity index (χ0) is 23.5. The number of anilines is 1. The maximum absolute atomic E-state index is 14.5. The first-order valence-electron chi connectivity index (χ1n) is 11.1. The zero-order valence-corrected chi connectivity index (χ0v) is 19.1. The van der Waals surface area contributed by atoms with Crippen LogP contribution in [0.1, 0.15) is 18.4 Å². The molecule has 1 atom stereocenters. The average molecular weight is 480 g/mol. The Morgan fingerprint density at radius 1 is 1.29 bits per heavy atom. The average Bonchev–Trinajstić information content (AvgIpc) is 3.27. The Bertz CT molecular complexity index is 1310. The predicted octanol–water partition coefficient (Wildman–Crippen LogP) is 4.10. The molecule has 0 bridgehead atoms. The molecular weight excluding hydrogens is 457 g/mol. The predicted molar refractivity (Wildman–Crippen MR) is 128 cm³/mol. The van der Waals surface area contributed by atoms with Crippen LogP contribution < -0.4 is 5.32 Å². The van der Waals surface area contributed by atoms with Crippen LogP contribution in [0, 0.1) is 11.7 Å². The van der Waals surface area contributed by atoms with Gasteiger partial charge in [-0.2, -0.15) is 0 Å². The molecule has 10 heteroatoms. The summed E-state index contributed by atoms with van der Waals surface area (Å²) >= 11 is 6.09. The summed E-state index contributed by atoms with van der Waals surface area (Å²) in [4.78, 5) is 34.6. The van der Waals surface area contributed by atoms with Gasteiger partial charge in [0, 0.05) is 55.4 Å². The van der Waals surface area contributed by atoms with Crippen molar-refractivity contribution in [3.8, 4) is 11.4 Å². The molecule has 4 aromatic rings. The third-order valence-electron chi connectivity index (χ3n) is 5.99. The number of aromatic nitrogens is 5. The van der Waals surface area contributed by atoms with Gasteiger partial charge in [-0.25, -0.2) is 19.3 Å². The number of amides is 1. The number of carbonyl (C=O) groups is 1. The van der Waals surface area contributed by atoms with Gasteiger partial charge in [-0.1, -0.05) is 17.7 Å². The van der Waals surface area contributed by atoms with E-state index in [9.17, 15) is 9.18 Å². The molecule has 34 heavy (non-hydrogen) atoms. The molecule has 1 aliphatic heterocycles. The van der Waals surface area contributed by atoms with E-state index in [0.717, 1.165) is 36.5 Å². The second-order valence-electron chi connectivity index (χ2n) is 8.41. The maximum Gasteiger partial charge on any atom is 0.227 e. The molecule has 5 rings (SSSR count). The molecule has 0 saturated carbocycles. The number of hydrogen-bond acceptors (Lipinski definition) is 6. The molecule has 2 N–H and O–H groups in total. The Hall–Kier alpha value is -3.59. The standard InChI is InChI=1S/C24H23ClFN7O/c25-17-8-18-19(12-30-22(18)29-11-17)23-31-13-20(26)24(32-23)28-10-16-4-2-6-33(14-16)21(34)7-15-3-1-5-27-9-15/h1,3,5,8-9,11-13,16H,2,4,6-7,10,14H2,(H,29,30)(H,28,31,32)/t16-/m0/s1. The summed E-state index contributed by atoms with van der Waals surface area (Å²) in [6.07, 6.45) is 10.1. The van der Waals surface area contributed by atoms with Gasteiger partial charge in [0.1, 0.15) is 5.65 Å². The van der Waals surface area contributed by atoms with Crippen molar-refractivity contribution >= 4 is 34.4 Å². The molecule has 1 amide bonds. The fourth-order valence-electron chi connectivity index (χ4n) is 4.27. The van der Waals surface area contributed by atoms with Crippen LogP contribution in [0.25, 0.3) is 22.4 Å². The summed E-state index contributed by atoms with van der Waals surface area (Å²) in [5.41, 5.74) is 2.25. The zero-order valence-electron chi connectivity index (χ0n) is 18.3. The van der Waals surface area contributed by atoms with Gasteiger partial charge >= 0.3 is 0 Å². The van der Waals surface area contributed by atoms with Gasteiger partial charge in [0.25, 0.3) is 0 Å². The number of fused-ring (bicyclic) bond motifs is 1. The molecule has 0 aromatic carbocycles. The molecule has 0 unspecified atom stereocenters. The third kappa shape index (κ3) is 4.84. The Morgan fingerprint density at radius 3 is 3.06 bits per heavy atom. The van der Waals surface area contributed by atoms with E-state index in [2.05, 4.69) is 30.2 Å². The highest BCUT2D eigenvalue weighted by Gasteiger charge is 2.24. The lowest BCUT2D eigenvalue weighted by Gasteiger charge is -2.33. The molecule has 0 aliphatic carbocycles. The third-order valence-corrected chi connectivity index (χ3v) is 6.20. The lowest BCUT2D eigenvalue weighted by atomic mass is 9.97. The number of nitrogens with zero attached hydrogens (tertiary/aromatic N) is 5. The lowest BCUT2D eigenvalue weighted by Crippen LogP contribution is -2.42. The van der Waals surface area contributed by atoms with Crippen molar-refractivity contribution in [2.24, 2.45) is 5.92 Å². The fraction of sp³-hybridized carbons (Fsp3) is 0.292. The van der Waals surface area contributed by atoms with Gasteiger partial charge in [0.05, 0.1) is 17.6 Å². The highest BCUT2D eigenvalue weighted by Crippen LogP contribution is 2.28. The first-order valence-corrected chi connectivity index (χ1v) is 11.5. The largest absolute Gasteiger partial charge is 0.367 e. The minimum absolute atomic E-state index is 0.0832. The molecule has 0 spiro atoms. The summed E-state index contributed by atoms with van der Waals surface area (Å²) in [6.45, 7) is 1.86. The number of rotatable bonds is 6. The van der Waals surface area contributed by atoms with Crippen molar-refractivity contribution in [3.63, 3.8) is 0 Å². The van der Waals surface area contributed by atoms with Crippen LogP contribution >= 0.6 is 11.6 Å². The minimum Gasteiger partial charge on any atom is -0.367 e. The Balaban J connectivity index is 1.26. The molecule has 4 aromatic heterocycles. The quantitative estimate of drug-likeness (QED) is 0.432. The minimum atomic E-state index is -0.528. The van der Waals surface area contributed by atoms with E-state index in [1.165, 1.54) is 0 Å². The smallest absolute Gasteiger partial charge is 0.227 e. The topological polar surface area (TPSA) is 99.7 Å². The number of piperidine rings is 1. The lowest BCUT2D eigenvalue weighted by molar-refractivity contribution is -0.132. The van der Waals surface area contributed by atoms with E-state index in [-0.39, 0.29) is 17.6 Å². The van der Waals surface area contributed by atoms with Crippen LogP contribution in [0.15, 0.2) is 49.2 Å². The van der Waals surface area contributed by atoms with Crippen LogP contribution in [0.3, 0.4) is 0 Å². The van der Waals surface area contributed by atoms with Crippen LogP contribution in [-0.2, 0) is 11.2 Å². The van der Waals surface area contributed by atoms with Crippen molar-refractivity contribution in [2.75, 3.05) is 25.0 Å². The van der Waals surface area contributed by atoms with E-state index in [0.29, 0.717) is 41.6 Å². The van der Waals surface area contributed by atoms with E-state index < -0.39 is 5.82 Å². The second-order valence-corrected chi connectivity index (χ2v) is 8.85. The van der Waals surface area contributed by atoms with Gasteiger partial charge in [0.2, 0.25) is 5.91 Å². The maximum atomic E-state index is 14.5. The monoisotopic (exact) mass is 479 g/mol. The van der Waals surface area contributed by atoms with Crippen molar-refractivity contribution in [1.82, 2.24) is 29.8 Å². The number of halogens is 2. The number of nitrogens with one attached hydrogen (secondary N) is 2. The number of pyridine rings is 2. The number of hydrogen-bond donors (Lipinski definition) is 2. The van der Waals surface area contributed by atoms with Gasteiger partial charge in [0.15, 0.2) is 17.5 Å². The SMILES string of the molecule is O=C(Cc1cccnc1)N1CCC[C@@H](CNc2nc(-c3c[nH]c4ncc(Cl)cc34)ncc2F)C1.